The lowest BCUT2D eigenvalue weighted by atomic mass is 9.96. The molecule has 0 aliphatic heterocycles. The molecule has 3 nitrogen and oxygen atoms in total. The summed E-state index contributed by atoms with van der Waals surface area (Å²) in [6, 6.07) is 19.4. The molecule has 2 rings (SSSR count). The van der Waals surface area contributed by atoms with Crippen LogP contribution in [0.2, 0.25) is 0 Å². The smallest absolute Gasteiger partial charge is 0.0746 e. The van der Waals surface area contributed by atoms with Crippen LogP contribution in [0.5, 0.6) is 0 Å². The molecule has 0 amide bonds. The van der Waals surface area contributed by atoms with Gasteiger partial charge in [-0.1, -0.05) is 60.7 Å². The zero-order valence-electron chi connectivity index (χ0n) is 12.1. The van der Waals surface area contributed by atoms with Crippen molar-refractivity contribution in [3.05, 3.63) is 71.8 Å². The molecule has 21 heavy (non-hydrogen) atoms. The number of rotatable bonds is 7. The molecular formula is C18H22N2O. The van der Waals surface area contributed by atoms with Crippen molar-refractivity contribution in [2.75, 3.05) is 0 Å². The molecule has 0 fully saturated rings. The molecule has 3 heteroatoms. The maximum Gasteiger partial charge on any atom is 0.0746 e. The third-order valence-electron chi connectivity index (χ3n) is 3.52. The van der Waals surface area contributed by atoms with Crippen LogP contribution >= 0.6 is 0 Å². The van der Waals surface area contributed by atoms with E-state index in [4.69, 9.17) is 11.1 Å². The Hall–Kier alpha value is -1.97. The van der Waals surface area contributed by atoms with Gasteiger partial charge in [0.15, 0.2) is 0 Å². The van der Waals surface area contributed by atoms with E-state index in [-0.39, 0.29) is 6.04 Å². The van der Waals surface area contributed by atoms with Crippen LogP contribution < -0.4 is 5.73 Å². The van der Waals surface area contributed by atoms with E-state index in [1.165, 1.54) is 0 Å². The van der Waals surface area contributed by atoms with E-state index in [0.717, 1.165) is 11.1 Å². The van der Waals surface area contributed by atoms with Crippen molar-refractivity contribution >= 4 is 5.71 Å². The molecule has 0 aliphatic carbocycles. The number of hydrogen-bond donors (Lipinski definition) is 3. The first-order valence-electron chi connectivity index (χ1n) is 7.23. The lowest BCUT2D eigenvalue weighted by Gasteiger charge is -2.19. The molecular weight excluding hydrogens is 260 g/mol. The molecule has 0 saturated heterocycles. The highest BCUT2D eigenvalue weighted by Gasteiger charge is 2.17. The van der Waals surface area contributed by atoms with Gasteiger partial charge in [-0.25, -0.2) is 0 Å². The van der Waals surface area contributed by atoms with Gasteiger partial charge in [0.05, 0.1) is 6.10 Å². The molecule has 0 saturated carbocycles. The summed E-state index contributed by atoms with van der Waals surface area (Å²) < 4.78 is 0. The summed E-state index contributed by atoms with van der Waals surface area (Å²) in [6.07, 6.45) is 0.834. The summed E-state index contributed by atoms with van der Waals surface area (Å²) in [5, 5.41) is 18.2. The van der Waals surface area contributed by atoms with Gasteiger partial charge in [0.2, 0.25) is 0 Å². The van der Waals surface area contributed by atoms with Gasteiger partial charge in [0, 0.05) is 24.6 Å². The molecule has 0 aromatic heterocycles. The summed E-state index contributed by atoms with van der Waals surface area (Å²) >= 11 is 0. The zero-order chi connectivity index (χ0) is 15.1. The number of aliphatic hydroxyl groups excluding tert-OH is 1. The average molecular weight is 282 g/mol. The molecule has 110 valence electrons. The number of hydrogen-bond acceptors (Lipinski definition) is 3. The largest absolute Gasteiger partial charge is 0.391 e. The van der Waals surface area contributed by atoms with Crippen molar-refractivity contribution in [1.29, 1.82) is 5.41 Å². The third-order valence-corrected chi connectivity index (χ3v) is 3.52. The van der Waals surface area contributed by atoms with Gasteiger partial charge in [-0.3, -0.25) is 0 Å². The first kappa shape index (κ1) is 15.4. The van der Waals surface area contributed by atoms with Crippen molar-refractivity contribution in [3.8, 4) is 0 Å². The number of aliphatic hydroxyl groups is 1. The monoisotopic (exact) mass is 282 g/mol. The van der Waals surface area contributed by atoms with Crippen molar-refractivity contribution in [2.45, 2.75) is 31.4 Å². The maximum absolute atomic E-state index is 10.2. The minimum atomic E-state index is -0.679. The van der Waals surface area contributed by atoms with E-state index in [0.29, 0.717) is 25.0 Å². The Kier molecular flexibility index (Phi) is 5.67. The van der Waals surface area contributed by atoms with E-state index in [1.807, 2.05) is 60.7 Å². The molecule has 0 spiro atoms. The molecule has 0 unspecified atom stereocenters. The second-order valence-corrected chi connectivity index (χ2v) is 5.39. The second kappa shape index (κ2) is 7.72. The fraction of sp³-hybridized carbons (Fsp3) is 0.278. The predicted molar refractivity (Wildman–Crippen MR) is 86.6 cm³/mol. The summed E-state index contributed by atoms with van der Waals surface area (Å²) in [5.41, 5.74) is 8.75. The number of nitrogens with one attached hydrogen (secondary N) is 1. The van der Waals surface area contributed by atoms with Crippen molar-refractivity contribution < 1.29 is 5.11 Å². The summed E-state index contributed by atoms with van der Waals surface area (Å²) in [5.74, 6) is 0. The standard InChI is InChI=1S/C18H22N2O/c19-16(11-14-7-3-1-4-8-14)13-18(21)17(20)12-15-9-5-2-6-10-15/h1-10,17-19,21H,11-13,20H2/t17-,18-/m0/s1. The first-order chi connectivity index (χ1) is 10.1. The molecule has 0 aliphatic rings. The number of benzene rings is 2. The van der Waals surface area contributed by atoms with Crippen LogP contribution in [0.3, 0.4) is 0 Å². The predicted octanol–water partition coefficient (Wildman–Crippen LogP) is 2.57. The highest BCUT2D eigenvalue weighted by Crippen LogP contribution is 2.09. The van der Waals surface area contributed by atoms with Gasteiger partial charge < -0.3 is 16.2 Å². The fourth-order valence-electron chi connectivity index (χ4n) is 2.34. The molecule has 0 bridgehead atoms. The highest BCUT2D eigenvalue weighted by molar-refractivity contribution is 5.84. The van der Waals surface area contributed by atoms with Crippen LogP contribution in [0.25, 0.3) is 0 Å². The van der Waals surface area contributed by atoms with Crippen LogP contribution in [0.1, 0.15) is 17.5 Å². The molecule has 2 aromatic rings. The first-order valence-corrected chi connectivity index (χ1v) is 7.23. The van der Waals surface area contributed by atoms with E-state index < -0.39 is 6.10 Å². The maximum atomic E-state index is 10.2. The van der Waals surface area contributed by atoms with Crippen LogP contribution in [-0.4, -0.2) is 23.0 Å². The highest BCUT2D eigenvalue weighted by atomic mass is 16.3. The SMILES string of the molecule is N=C(Cc1ccccc1)C[C@H](O)[C@@H](N)Cc1ccccc1. The van der Waals surface area contributed by atoms with E-state index in [1.54, 1.807) is 0 Å². The van der Waals surface area contributed by atoms with E-state index in [9.17, 15) is 5.11 Å². The van der Waals surface area contributed by atoms with Crippen LogP contribution in [-0.2, 0) is 12.8 Å². The lowest BCUT2D eigenvalue weighted by Crippen LogP contribution is -2.38. The Morgan fingerprint density at radius 3 is 2.05 bits per heavy atom. The molecule has 4 N–H and O–H groups in total. The van der Waals surface area contributed by atoms with Crippen molar-refractivity contribution in [1.82, 2.24) is 0 Å². The van der Waals surface area contributed by atoms with Crippen LogP contribution in [0.15, 0.2) is 60.7 Å². The fourth-order valence-corrected chi connectivity index (χ4v) is 2.34. The van der Waals surface area contributed by atoms with Gasteiger partial charge >= 0.3 is 0 Å². The van der Waals surface area contributed by atoms with E-state index in [2.05, 4.69) is 0 Å². The van der Waals surface area contributed by atoms with Gasteiger partial charge in [-0.15, -0.1) is 0 Å². The summed E-state index contributed by atoms with van der Waals surface area (Å²) in [7, 11) is 0. The number of nitrogens with two attached hydrogens (primary N) is 1. The van der Waals surface area contributed by atoms with E-state index >= 15 is 0 Å². The molecule has 0 radical (unpaired) electrons. The Balaban J connectivity index is 1.83. The Bertz CT molecular complexity index is 554. The Morgan fingerprint density at radius 2 is 1.48 bits per heavy atom. The van der Waals surface area contributed by atoms with Crippen molar-refractivity contribution in [3.63, 3.8) is 0 Å². The second-order valence-electron chi connectivity index (χ2n) is 5.39. The average Bonchev–Trinajstić information content (AvgIpc) is 2.49. The summed E-state index contributed by atoms with van der Waals surface area (Å²) in [6.45, 7) is 0. The Labute approximate surface area is 125 Å². The van der Waals surface area contributed by atoms with Gasteiger partial charge in [0.25, 0.3) is 0 Å². The molecule has 2 atom stereocenters. The third kappa shape index (κ3) is 5.14. The molecule has 0 heterocycles. The molecule has 2 aromatic carbocycles. The van der Waals surface area contributed by atoms with Gasteiger partial charge in [-0.2, -0.15) is 0 Å². The van der Waals surface area contributed by atoms with Crippen molar-refractivity contribution in [2.24, 2.45) is 5.73 Å². The summed E-state index contributed by atoms with van der Waals surface area (Å²) in [4.78, 5) is 0. The minimum Gasteiger partial charge on any atom is -0.391 e. The Morgan fingerprint density at radius 1 is 0.952 bits per heavy atom. The van der Waals surface area contributed by atoms with Gasteiger partial charge in [0.1, 0.15) is 0 Å². The lowest BCUT2D eigenvalue weighted by molar-refractivity contribution is 0.151. The topological polar surface area (TPSA) is 70.1 Å². The van der Waals surface area contributed by atoms with Crippen LogP contribution in [0.4, 0.5) is 0 Å². The van der Waals surface area contributed by atoms with Crippen LogP contribution in [0, 0.1) is 5.41 Å². The quantitative estimate of drug-likeness (QED) is 0.683. The normalized spacial score (nSPS) is 13.6. The zero-order valence-corrected chi connectivity index (χ0v) is 12.1. The van der Waals surface area contributed by atoms with Gasteiger partial charge in [-0.05, 0) is 17.5 Å². The minimum absolute atomic E-state index is 0.322.